The van der Waals surface area contributed by atoms with Crippen molar-refractivity contribution in [3.63, 3.8) is 0 Å². The lowest BCUT2D eigenvalue weighted by atomic mass is 10.1. The van der Waals surface area contributed by atoms with Gasteiger partial charge in [0.15, 0.2) is 0 Å². The summed E-state index contributed by atoms with van der Waals surface area (Å²) in [4.78, 5) is 2.47. The topological polar surface area (TPSA) is 15.3 Å². The highest BCUT2D eigenvalue weighted by molar-refractivity contribution is 5.57. The molecule has 104 valence electrons. The normalized spacial score (nSPS) is 13.6. The van der Waals surface area contributed by atoms with Crippen molar-refractivity contribution in [2.45, 2.75) is 33.5 Å². The second-order valence-electron chi connectivity index (χ2n) is 5.53. The maximum absolute atomic E-state index is 3.38. The number of hydrogen-bond acceptors (Lipinski definition) is 2. The van der Waals surface area contributed by atoms with Crippen molar-refractivity contribution >= 4 is 5.69 Å². The molecule has 0 aromatic heterocycles. The van der Waals surface area contributed by atoms with Crippen molar-refractivity contribution in [1.82, 2.24) is 5.32 Å². The Balaban J connectivity index is 1.79. The first-order valence-electron chi connectivity index (χ1n) is 7.40. The molecule has 0 atom stereocenters. The van der Waals surface area contributed by atoms with Crippen LogP contribution in [0.2, 0.25) is 0 Å². The Morgan fingerprint density at radius 2 is 1.75 bits per heavy atom. The second-order valence-corrected chi connectivity index (χ2v) is 5.53. The molecule has 1 heterocycles. The van der Waals surface area contributed by atoms with E-state index >= 15 is 0 Å². The number of fused-ring (bicyclic) bond motifs is 1. The van der Waals surface area contributed by atoms with Crippen molar-refractivity contribution in [3.8, 4) is 0 Å². The lowest BCUT2D eigenvalue weighted by Gasteiger charge is -2.21. The van der Waals surface area contributed by atoms with E-state index in [-0.39, 0.29) is 0 Å². The van der Waals surface area contributed by atoms with Crippen molar-refractivity contribution in [2.75, 3.05) is 11.4 Å². The number of rotatable bonds is 4. The van der Waals surface area contributed by atoms with Crippen LogP contribution in [0.4, 0.5) is 5.69 Å². The van der Waals surface area contributed by atoms with Crippen LogP contribution in [0.15, 0.2) is 42.5 Å². The summed E-state index contributed by atoms with van der Waals surface area (Å²) in [5.74, 6) is 0. The first kappa shape index (κ1) is 13.2. The fourth-order valence-electron chi connectivity index (χ4n) is 2.96. The average Bonchev–Trinajstić information content (AvgIpc) is 2.88. The Kier molecular flexibility index (Phi) is 3.75. The molecule has 0 radical (unpaired) electrons. The molecule has 1 N–H and O–H groups in total. The van der Waals surface area contributed by atoms with Gasteiger partial charge < -0.3 is 10.2 Å². The quantitative estimate of drug-likeness (QED) is 0.909. The summed E-state index contributed by atoms with van der Waals surface area (Å²) < 4.78 is 0. The standard InChI is InChI=1S/C18H22N2/c1-3-19-11-15-8-9-18(14(2)10-15)20-12-16-6-4-5-7-17(16)13-20/h4-10,19H,3,11-13H2,1-2H3. The highest BCUT2D eigenvalue weighted by atomic mass is 15.1. The molecule has 0 bridgehead atoms. The highest BCUT2D eigenvalue weighted by Gasteiger charge is 2.19. The van der Waals surface area contributed by atoms with Gasteiger partial charge in [0.2, 0.25) is 0 Å². The van der Waals surface area contributed by atoms with E-state index in [1.165, 1.54) is 27.9 Å². The first-order chi connectivity index (χ1) is 9.78. The number of aryl methyl sites for hydroxylation is 1. The van der Waals surface area contributed by atoms with Gasteiger partial charge in [-0.25, -0.2) is 0 Å². The number of nitrogens with zero attached hydrogens (tertiary/aromatic N) is 1. The Morgan fingerprint density at radius 1 is 1.05 bits per heavy atom. The van der Waals surface area contributed by atoms with Gasteiger partial charge in [-0.15, -0.1) is 0 Å². The molecule has 0 fully saturated rings. The molecule has 1 aliphatic heterocycles. The minimum Gasteiger partial charge on any atom is -0.363 e. The molecule has 2 aromatic carbocycles. The maximum atomic E-state index is 3.38. The van der Waals surface area contributed by atoms with E-state index in [2.05, 4.69) is 66.5 Å². The van der Waals surface area contributed by atoms with Gasteiger partial charge in [-0.05, 0) is 41.8 Å². The predicted molar refractivity (Wildman–Crippen MR) is 84.9 cm³/mol. The summed E-state index contributed by atoms with van der Waals surface area (Å²) in [6.45, 7) is 8.39. The first-order valence-corrected chi connectivity index (χ1v) is 7.40. The van der Waals surface area contributed by atoms with Crippen molar-refractivity contribution in [3.05, 3.63) is 64.7 Å². The molecule has 0 amide bonds. The van der Waals surface area contributed by atoms with Gasteiger partial charge in [-0.3, -0.25) is 0 Å². The average molecular weight is 266 g/mol. The zero-order valence-corrected chi connectivity index (χ0v) is 12.3. The van der Waals surface area contributed by atoms with Crippen LogP contribution in [0, 0.1) is 6.92 Å². The zero-order valence-electron chi connectivity index (χ0n) is 12.3. The molecule has 3 rings (SSSR count). The Labute approximate surface area is 121 Å². The lowest BCUT2D eigenvalue weighted by molar-refractivity contribution is 0.726. The number of nitrogens with one attached hydrogen (secondary N) is 1. The van der Waals surface area contributed by atoms with Gasteiger partial charge in [0, 0.05) is 25.3 Å². The van der Waals surface area contributed by atoms with E-state index in [1.54, 1.807) is 0 Å². The molecule has 2 heteroatoms. The lowest BCUT2D eigenvalue weighted by Crippen LogP contribution is -2.16. The molecule has 0 unspecified atom stereocenters. The third-order valence-corrected chi connectivity index (χ3v) is 4.02. The van der Waals surface area contributed by atoms with Crippen LogP contribution in [0.3, 0.4) is 0 Å². The van der Waals surface area contributed by atoms with Gasteiger partial charge in [0.05, 0.1) is 0 Å². The van der Waals surface area contributed by atoms with E-state index in [9.17, 15) is 0 Å². The molecule has 20 heavy (non-hydrogen) atoms. The van der Waals surface area contributed by atoms with E-state index < -0.39 is 0 Å². The molecule has 0 saturated heterocycles. The van der Waals surface area contributed by atoms with Crippen molar-refractivity contribution in [2.24, 2.45) is 0 Å². The second kappa shape index (κ2) is 5.68. The molecule has 0 spiro atoms. The van der Waals surface area contributed by atoms with Crippen molar-refractivity contribution in [1.29, 1.82) is 0 Å². The summed E-state index contributed by atoms with van der Waals surface area (Å²) in [6, 6.07) is 15.6. The minimum atomic E-state index is 0.956. The van der Waals surface area contributed by atoms with E-state index in [0.717, 1.165) is 26.2 Å². The Bertz CT molecular complexity index is 579. The predicted octanol–water partition coefficient (Wildman–Crippen LogP) is 3.62. The van der Waals surface area contributed by atoms with Gasteiger partial charge in [-0.1, -0.05) is 43.3 Å². The smallest absolute Gasteiger partial charge is 0.0436 e. The molecule has 0 aliphatic carbocycles. The maximum Gasteiger partial charge on any atom is 0.0436 e. The highest BCUT2D eigenvalue weighted by Crippen LogP contribution is 2.30. The van der Waals surface area contributed by atoms with Gasteiger partial charge >= 0.3 is 0 Å². The van der Waals surface area contributed by atoms with Crippen LogP contribution >= 0.6 is 0 Å². The third-order valence-electron chi connectivity index (χ3n) is 4.02. The van der Waals surface area contributed by atoms with Crippen LogP contribution in [0.5, 0.6) is 0 Å². The summed E-state index contributed by atoms with van der Waals surface area (Å²) in [5.41, 5.74) is 7.02. The fourth-order valence-corrected chi connectivity index (χ4v) is 2.96. The molecule has 2 nitrogen and oxygen atoms in total. The van der Waals surface area contributed by atoms with Gasteiger partial charge in [-0.2, -0.15) is 0 Å². The Hall–Kier alpha value is -1.80. The van der Waals surface area contributed by atoms with Crippen molar-refractivity contribution < 1.29 is 0 Å². The van der Waals surface area contributed by atoms with Crippen LogP contribution in [0.1, 0.15) is 29.2 Å². The van der Waals surface area contributed by atoms with E-state index in [1.807, 2.05) is 0 Å². The van der Waals surface area contributed by atoms with Crippen LogP contribution in [-0.4, -0.2) is 6.54 Å². The SMILES string of the molecule is CCNCc1ccc(N2Cc3ccccc3C2)c(C)c1. The minimum absolute atomic E-state index is 0.956. The van der Waals surface area contributed by atoms with Gasteiger partial charge in [0.1, 0.15) is 0 Å². The number of hydrogen-bond donors (Lipinski definition) is 1. The number of benzene rings is 2. The Morgan fingerprint density at radius 3 is 2.35 bits per heavy atom. The molecule has 1 aliphatic rings. The molecule has 0 saturated carbocycles. The summed E-state index contributed by atoms with van der Waals surface area (Å²) in [6.07, 6.45) is 0. The molecular weight excluding hydrogens is 244 g/mol. The summed E-state index contributed by atoms with van der Waals surface area (Å²) in [5, 5.41) is 3.38. The summed E-state index contributed by atoms with van der Waals surface area (Å²) in [7, 11) is 0. The molecule has 2 aromatic rings. The third kappa shape index (κ3) is 2.56. The zero-order chi connectivity index (χ0) is 13.9. The van der Waals surface area contributed by atoms with Crippen LogP contribution in [0.25, 0.3) is 0 Å². The largest absolute Gasteiger partial charge is 0.363 e. The van der Waals surface area contributed by atoms with Gasteiger partial charge in [0.25, 0.3) is 0 Å². The van der Waals surface area contributed by atoms with E-state index in [4.69, 9.17) is 0 Å². The fraction of sp³-hybridized carbons (Fsp3) is 0.333. The summed E-state index contributed by atoms with van der Waals surface area (Å²) >= 11 is 0. The van der Waals surface area contributed by atoms with Crippen LogP contribution in [-0.2, 0) is 19.6 Å². The van der Waals surface area contributed by atoms with Crippen LogP contribution < -0.4 is 10.2 Å². The molecular formula is C18H22N2. The number of anilines is 1. The van der Waals surface area contributed by atoms with E-state index in [0.29, 0.717) is 0 Å². The monoisotopic (exact) mass is 266 g/mol.